The highest BCUT2D eigenvalue weighted by molar-refractivity contribution is 7.91. The molecule has 9 aromatic rings. The molecule has 0 aliphatic heterocycles. The van der Waals surface area contributed by atoms with Crippen LogP contribution in [0.5, 0.6) is 34.5 Å². The van der Waals surface area contributed by atoms with Crippen LogP contribution in [-0.2, 0) is 47.3 Å². The summed E-state index contributed by atoms with van der Waals surface area (Å²) < 4.78 is 122. The van der Waals surface area contributed by atoms with E-state index in [0.717, 1.165) is 30.9 Å². The van der Waals surface area contributed by atoms with E-state index in [1.54, 1.807) is 142 Å². The molecule has 0 spiro atoms. The minimum absolute atomic E-state index is 0.136. The number of sulfone groups is 3. The maximum atomic E-state index is 13.7. The van der Waals surface area contributed by atoms with E-state index in [0.29, 0.717) is 139 Å². The quantitative estimate of drug-likeness (QED) is 0.0464. The second kappa shape index (κ2) is 31.9. The third kappa shape index (κ3) is 17.5. The lowest BCUT2D eigenvalue weighted by atomic mass is 9.85. The van der Waals surface area contributed by atoms with Crippen molar-refractivity contribution in [2.24, 2.45) is 5.92 Å². The van der Waals surface area contributed by atoms with Crippen molar-refractivity contribution in [1.82, 2.24) is 27.4 Å². The third-order valence-corrected chi connectivity index (χ3v) is 19.8. The largest absolute Gasteiger partial charge is 0.493 e. The lowest BCUT2D eigenvalue weighted by Crippen LogP contribution is -2.33. The van der Waals surface area contributed by atoms with E-state index >= 15 is 0 Å². The predicted molar refractivity (Wildman–Crippen MR) is 379 cm³/mol. The zero-order valence-corrected chi connectivity index (χ0v) is 60.6. The SMILES string of the molecule is CCOc1cc(C(CS(C)(=O)=O)n2c(=O)n(C(C)C)c3cc(Cl)ccc32)ccc1OC.CCOc1cc(C(CS(C)(=O)=O)n2c(=O)n(CC3CCC3)c3cc(Cl)ccc32)ccc1OC.CCOc1cc(C(CS(C)(=O)=O)n2c(=O)n(CCOC)c3cc(Cl)ccc32)ccc1OC. The van der Waals surface area contributed by atoms with Crippen LogP contribution in [0.3, 0.4) is 0 Å². The predicted octanol–water partition coefficient (Wildman–Crippen LogP) is 11.5. The first-order valence-corrected chi connectivity index (χ1v) is 38.5. The van der Waals surface area contributed by atoms with Crippen molar-refractivity contribution in [3.63, 3.8) is 0 Å². The Hall–Kier alpha value is -7.39. The van der Waals surface area contributed by atoms with Gasteiger partial charge < -0.3 is 33.2 Å². The molecule has 3 aromatic heterocycles. The second-order valence-electron chi connectivity index (χ2n) is 23.7. The second-order valence-corrected chi connectivity index (χ2v) is 31.6. The van der Waals surface area contributed by atoms with Gasteiger partial charge in [0.2, 0.25) is 0 Å². The van der Waals surface area contributed by atoms with E-state index < -0.39 is 47.6 Å². The Kier molecular flexibility index (Phi) is 24.7. The van der Waals surface area contributed by atoms with Crippen molar-refractivity contribution in [2.75, 3.05) is 90.9 Å². The summed E-state index contributed by atoms with van der Waals surface area (Å²) in [6, 6.07) is 28.9. The first-order valence-electron chi connectivity index (χ1n) is 31.2. The Labute approximate surface area is 574 Å². The molecule has 1 saturated carbocycles. The Morgan fingerprint density at radius 3 is 1.10 bits per heavy atom. The summed E-state index contributed by atoms with van der Waals surface area (Å²) in [5.74, 6) is 2.78. The van der Waals surface area contributed by atoms with Gasteiger partial charge in [0.1, 0.15) is 29.5 Å². The molecule has 0 saturated heterocycles. The van der Waals surface area contributed by atoms with E-state index in [-0.39, 0.29) is 40.4 Å². The lowest BCUT2D eigenvalue weighted by molar-refractivity contribution is 0.187. The van der Waals surface area contributed by atoms with Gasteiger partial charge in [0.15, 0.2) is 34.5 Å². The fraction of sp³-hybridized carbons (Fsp3) is 0.426. The highest BCUT2D eigenvalue weighted by Gasteiger charge is 2.32. The number of benzene rings is 6. The van der Waals surface area contributed by atoms with Crippen LogP contribution >= 0.6 is 34.8 Å². The number of halogens is 3. The fourth-order valence-electron chi connectivity index (χ4n) is 12.0. The van der Waals surface area contributed by atoms with Gasteiger partial charge in [-0.05, 0) is 161 Å². The molecule has 0 radical (unpaired) electrons. The van der Waals surface area contributed by atoms with Crippen molar-refractivity contribution in [3.8, 4) is 34.5 Å². The van der Waals surface area contributed by atoms with Crippen LogP contribution in [0.15, 0.2) is 124 Å². The van der Waals surface area contributed by atoms with Crippen LogP contribution in [0.25, 0.3) is 33.1 Å². The fourth-order valence-corrected chi connectivity index (χ4v) is 15.2. The van der Waals surface area contributed by atoms with Gasteiger partial charge in [-0.2, -0.15) is 0 Å². The van der Waals surface area contributed by atoms with Crippen molar-refractivity contribution < 1.29 is 58.4 Å². The smallest absolute Gasteiger partial charge is 0.329 e. The molecule has 3 heterocycles. The number of nitrogens with zero attached hydrogens (tertiary/aromatic N) is 6. The van der Waals surface area contributed by atoms with Gasteiger partial charge in [-0.25, -0.2) is 39.6 Å². The van der Waals surface area contributed by atoms with Gasteiger partial charge in [-0.1, -0.05) is 59.4 Å². The van der Waals surface area contributed by atoms with Crippen molar-refractivity contribution in [1.29, 1.82) is 0 Å². The standard InChI is InChI=1S/C24H29ClN2O5S.C22H27ClN2O6S.C22H27ClN2O5S/c1-4-32-23-12-17(8-11-22(23)31-2)21(15-33(3,29)30)27-19-10-9-18(25)13-20(19)26(24(27)28)14-16-6-5-7-16;1-5-31-21-12-15(6-9-20(21)30-3)19(14-32(4,27)28)25-17-8-7-16(23)13-18(17)24(22(25)26)10-11-29-2;1-6-30-21-11-15(7-10-20(21)29-4)19(13-31(5,27)28)25-17-9-8-16(23)12-18(17)24(14(2)3)22(25)26/h8-13,16,21H,4-7,14-15H2,1-3H3;6-9,12-13,19H,5,10-11,14H2,1-4H3;7-12,14,19H,6,13H2,1-5H3. The summed E-state index contributed by atoms with van der Waals surface area (Å²) in [4.78, 5) is 40.8. The molecule has 10 rings (SSSR count). The van der Waals surface area contributed by atoms with Gasteiger partial charge in [0, 0.05) is 53.5 Å². The number of methoxy groups -OCH3 is 4. The summed E-state index contributed by atoms with van der Waals surface area (Å²) in [6.45, 7) is 11.8. The molecule has 3 unspecified atom stereocenters. The Morgan fingerprint density at radius 2 is 0.781 bits per heavy atom. The topological polar surface area (TPSA) is 248 Å². The number of hydrogen-bond donors (Lipinski definition) is 0. The first kappa shape index (κ1) is 74.4. The number of imidazole rings is 3. The molecule has 28 heteroatoms. The summed E-state index contributed by atoms with van der Waals surface area (Å²) in [5, 5.41) is 1.51. The van der Waals surface area contributed by atoms with Crippen molar-refractivity contribution in [3.05, 3.63) is 172 Å². The molecular weight excluding hydrogens is 1360 g/mol. The van der Waals surface area contributed by atoms with E-state index in [1.807, 2.05) is 34.6 Å². The molecule has 0 amide bonds. The Balaban J connectivity index is 0.000000184. The molecule has 520 valence electrons. The number of aromatic nitrogens is 6. The van der Waals surface area contributed by atoms with Gasteiger partial charge in [0.05, 0.1) is 123 Å². The summed E-state index contributed by atoms with van der Waals surface area (Å²) in [6.07, 6.45) is 6.84. The summed E-state index contributed by atoms with van der Waals surface area (Å²) in [7, 11) is -4.14. The maximum Gasteiger partial charge on any atom is 0.329 e. The maximum absolute atomic E-state index is 13.7. The van der Waals surface area contributed by atoms with Gasteiger partial charge in [0.25, 0.3) is 0 Å². The van der Waals surface area contributed by atoms with Crippen LogP contribution in [0.4, 0.5) is 0 Å². The van der Waals surface area contributed by atoms with Crippen LogP contribution in [0.1, 0.15) is 94.7 Å². The first-order chi connectivity index (χ1) is 45.5. The van der Waals surface area contributed by atoms with Crippen LogP contribution in [0, 0.1) is 5.92 Å². The van der Waals surface area contributed by atoms with E-state index in [2.05, 4.69) is 0 Å². The summed E-state index contributed by atoms with van der Waals surface area (Å²) >= 11 is 18.7. The van der Waals surface area contributed by atoms with E-state index in [1.165, 1.54) is 36.0 Å². The number of ether oxygens (including phenoxy) is 7. The molecular formula is C68H83Cl3N6O16S3. The molecule has 22 nitrogen and oxygen atoms in total. The summed E-state index contributed by atoms with van der Waals surface area (Å²) in [5.41, 5.74) is 4.87. The molecule has 0 N–H and O–H groups in total. The van der Waals surface area contributed by atoms with E-state index in [4.69, 9.17) is 68.0 Å². The molecule has 6 aromatic carbocycles. The van der Waals surface area contributed by atoms with Crippen LogP contribution in [0.2, 0.25) is 15.1 Å². The average Bonchev–Trinajstić information content (AvgIpc) is 1.60. The number of fused-ring (bicyclic) bond motifs is 3. The highest BCUT2D eigenvalue weighted by Crippen LogP contribution is 2.38. The zero-order valence-electron chi connectivity index (χ0n) is 55.8. The molecule has 1 aliphatic rings. The monoisotopic (exact) mass is 1440 g/mol. The molecule has 1 fully saturated rings. The molecule has 3 atom stereocenters. The molecule has 96 heavy (non-hydrogen) atoms. The highest BCUT2D eigenvalue weighted by atomic mass is 35.5. The average molecular weight is 1440 g/mol. The normalized spacial score (nSPS) is 13.8. The van der Waals surface area contributed by atoms with Crippen molar-refractivity contribution in [2.45, 2.75) is 91.1 Å². The van der Waals surface area contributed by atoms with Crippen LogP contribution < -0.4 is 45.5 Å². The zero-order chi connectivity index (χ0) is 70.1. The lowest BCUT2D eigenvalue weighted by Gasteiger charge is -2.25. The molecule has 0 bridgehead atoms. The van der Waals surface area contributed by atoms with Gasteiger partial charge in [-0.3, -0.25) is 27.4 Å². The minimum Gasteiger partial charge on any atom is -0.493 e. The number of rotatable bonds is 27. The Morgan fingerprint density at radius 1 is 0.438 bits per heavy atom. The van der Waals surface area contributed by atoms with Gasteiger partial charge >= 0.3 is 17.1 Å². The van der Waals surface area contributed by atoms with Gasteiger partial charge in [-0.15, -0.1) is 0 Å². The third-order valence-electron chi connectivity index (χ3n) is 16.4. The van der Waals surface area contributed by atoms with Crippen molar-refractivity contribution >= 4 is 97.4 Å². The van der Waals surface area contributed by atoms with E-state index in [9.17, 15) is 39.6 Å². The number of hydrogen-bond acceptors (Lipinski definition) is 16. The Bertz CT molecular complexity index is 4800. The van der Waals surface area contributed by atoms with Crippen LogP contribution in [-0.4, -0.2) is 144 Å². The minimum atomic E-state index is -3.45. The molecule has 1 aliphatic carbocycles.